The van der Waals surface area contributed by atoms with Crippen molar-refractivity contribution < 1.29 is 9.59 Å². The Labute approximate surface area is 72.3 Å². The molecule has 0 heterocycles. The van der Waals surface area contributed by atoms with E-state index >= 15 is 0 Å². The first-order valence-electron chi connectivity index (χ1n) is 4.42. The lowest BCUT2D eigenvalue weighted by atomic mass is 9.77. The molecule has 0 aromatic heterocycles. The van der Waals surface area contributed by atoms with E-state index in [9.17, 15) is 9.59 Å². The van der Waals surface area contributed by atoms with Crippen LogP contribution in [0, 0.1) is 11.8 Å². The van der Waals surface area contributed by atoms with Gasteiger partial charge in [0.1, 0.15) is 5.78 Å². The number of hydrogen-bond donors (Lipinski definition) is 1. The molecule has 0 aromatic carbocycles. The Morgan fingerprint density at radius 1 is 1.17 bits per heavy atom. The van der Waals surface area contributed by atoms with Gasteiger partial charge < -0.3 is 5.73 Å². The van der Waals surface area contributed by atoms with E-state index in [-0.39, 0.29) is 23.5 Å². The Kier molecular flexibility index (Phi) is 2.84. The summed E-state index contributed by atoms with van der Waals surface area (Å²) in [6.45, 7) is 1.55. The first-order chi connectivity index (χ1) is 5.63. The highest BCUT2D eigenvalue weighted by Crippen LogP contribution is 2.30. The van der Waals surface area contributed by atoms with Crippen LogP contribution in [0.4, 0.5) is 0 Å². The normalized spacial score (nSPS) is 29.8. The molecule has 0 unspecified atom stereocenters. The number of Topliss-reactive ketones (excluding diaryl/α,β-unsaturated/α-hetero) is 1. The Hall–Kier alpha value is -0.860. The molecule has 1 saturated carbocycles. The van der Waals surface area contributed by atoms with Crippen LogP contribution in [0.15, 0.2) is 0 Å². The third-order valence-electron chi connectivity index (χ3n) is 2.65. The van der Waals surface area contributed by atoms with Crippen molar-refractivity contribution in [1.82, 2.24) is 0 Å². The fourth-order valence-corrected chi connectivity index (χ4v) is 1.96. The molecule has 1 fully saturated rings. The van der Waals surface area contributed by atoms with E-state index in [2.05, 4.69) is 0 Å². The highest BCUT2D eigenvalue weighted by molar-refractivity contribution is 5.86. The Balaban J connectivity index is 2.67. The third-order valence-corrected chi connectivity index (χ3v) is 2.65. The summed E-state index contributed by atoms with van der Waals surface area (Å²) in [5.41, 5.74) is 5.20. The number of carbonyl (C=O) groups excluding carboxylic acids is 2. The smallest absolute Gasteiger partial charge is 0.221 e. The van der Waals surface area contributed by atoms with Crippen LogP contribution in [0.25, 0.3) is 0 Å². The van der Waals surface area contributed by atoms with Crippen LogP contribution in [0.3, 0.4) is 0 Å². The molecule has 68 valence electrons. The van der Waals surface area contributed by atoms with Crippen molar-refractivity contribution in [1.29, 1.82) is 0 Å². The van der Waals surface area contributed by atoms with Gasteiger partial charge >= 0.3 is 0 Å². The van der Waals surface area contributed by atoms with Gasteiger partial charge in [0.25, 0.3) is 0 Å². The van der Waals surface area contributed by atoms with E-state index in [1.165, 1.54) is 0 Å². The molecular formula is C9H15NO2. The summed E-state index contributed by atoms with van der Waals surface area (Å²) >= 11 is 0. The van der Waals surface area contributed by atoms with Crippen LogP contribution < -0.4 is 5.73 Å². The number of carbonyl (C=O) groups is 2. The van der Waals surface area contributed by atoms with Crippen LogP contribution in [0.2, 0.25) is 0 Å². The molecule has 12 heavy (non-hydrogen) atoms. The van der Waals surface area contributed by atoms with Gasteiger partial charge in [-0.05, 0) is 19.8 Å². The highest BCUT2D eigenvalue weighted by Gasteiger charge is 2.31. The van der Waals surface area contributed by atoms with E-state index in [0.717, 1.165) is 25.7 Å². The van der Waals surface area contributed by atoms with Crippen molar-refractivity contribution in [3.8, 4) is 0 Å². The number of ketones is 1. The van der Waals surface area contributed by atoms with Crippen LogP contribution >= 0.6 is 0 Å². The van der Waals surface area contributed by atoms with Gasteiger partial charge in [0.05, 0.1) is 0 Å². The van der Waals surface area contributed by atoms with E-state index in [4.69, 9.17) is 5.73 Å². The molecule has 0 bridgehead atoms. The zero-order valence-electron chi connectivity index (χ0n) is 7.38. The van der Waals surface area contributed by atoms with Crippen molar-refractivity contribution in [3.63, 3.8) is 0 Å². The molecule has 1 rings (SSSR count). The van der Waals surface area contributed by atoms with E-state index in [1.807, 2.05) is 0 Å². The van der Waals surface area contributed by atoms with E-state index < -0.39 is 0 Å². The van der Waals surface area contributed by atoms with Crippen LogP contribution in [-0.2, 0) is 9.59 Å². The summed E-state index contributed by atoms with van der Waals surface area (Å²) < 4.78 is 0. The topological polar surface area (TPSA) is 60.2 Å². The molecule has 1 amide bonds. The number of amides is 1. The average Bonchev–Trinajstić information content (AvgIpc) is 2.04. The second-order valence-corrected chi connectivity index (χ2v) is 3.51. The molecule has 3 heteroatoms. The second kappa shape index (κ2) is 3.70. The molecule has 0 aromatic rings. The van der Waals surface area contributed by atoms with Crippen LogP contribution in [-0.4, -0.2) is 11.7 Å². The summed E-state index contributed by atoms with van der Waals surface area (Å²) in [5.74, 6) is -0.499. The quantitative estimate of drug-likeness (QED) is 0.666. The standard InChI is InChI=1S/C9H15NO2/c1-6(11)7-4-2-3-5-8(7)9(10)12/h7-8H,2-5H2,1H3,(H2,10,12)/t7-,8-/m1/s1. The summed E-state index contributed by atoms with van der Waals surface area (Å²) in [4.78, 5) is 22.0. The monoisotopic (exact) mass is 169 g/mol. The van der Waals surface area contributed by atoms with Gasteiger partial charge in [-0.3, -0.25) is 9.59 Å². The molecular weight excluding hydrogens is 154 g/mol. The van der Waals surface area contributed by atoms with Crippen molar-refractivity contribution in [2.24, 2.45) is 17.6 Å². The lowest BCUT2D eigenvalue weighted by Gasteiger charge is -2.26. The van der Waals surface area contributed by atoms with Gasteiger partial charge in [0.15, 0.2) is 0 Å². The molecule has 0 aliphatic heterocycles. The minimum atomic E-state index is -0.310. The maximum absolute atomic E-state index is 11.1. The zero-order valence-corrected chi connectivity index (χ0v) is 7.38. The SMILES string of the molecule is CC(=O)[C@H]1CCCC[C@H]1C(N)=O. The maximum atomic E-state index is 11.1. The molecule has 0 radical (unpaired) electrons. The minimum absolute atomic E-state index is 0.101. The average molecular weight is 169 g/mol. The lowest BCUT2D eigenvalue weighted by molar-refractivity contribution is -0.132. The van der Waals surface area contributed by atoms with Crippen LogP contribution in [0.5, 0.6) is 0 Å². The molecule has 1 aliphatic carbocycles. The van der Waals surface area contributed by atoms with Crippen molar-refractivity contribution in [3.05, 3.63) is 0 Å². The first kappa shape index (κ1) is 9.23. The van der Waals surface area contributed by atoms with Gasteiger partial charge in [-0.2, -0.15) is 0 Å². The third kappa shape index (κ3) is 1.84. The minimum Gasteiger partial charge on any atom is -0.369 e. The van der Waals surface area contributed by atoms with Gasteiger partial charge in [-0.1, -0.05) is 12.8 Å². The lowest BCUT2D eigenvalue weighted by Crippen LogP contribution is -2.35. The van der Waals surface area contributed by atoms with Gasteiger partial charge in [0.2, 0.25) is 5.91 Å². The summed E-state index contributed by atoms with van der Waals surface area (Å²) in [6, 6.07) is 0. The summed E-state index contributed by atoms with van der Waals surface area (Å²) in [7, 11) is 0. The predicted molar refractivity (Wildman–Crippen MR) is 45.3 cm³/mol. The molecule has 1 aliphatic rings. The van der Waals surface area contributed by atoms with Crippen molar-refractivity contribution in [2.45, 2.75) is 32.6 Å². The second-order valence-electron chi connectivity index (χ2n) is 3.51. The first-order valence-corrected chi connectivity index (χ1v) is 4.42. The molecule has 3 nitrogen and oxygen atoms in total. The number of nitrogens with two attached hydrogens (primary N) is 1. The predicted octanol–water partition coefficient (Wildman–Crippen LogP) is 0.867. The summed E-state index contributed by atoms with van der Waals surface area (Å²) in [6.07, 6.45) is 3.70. The largest absolute Gasteiger partial charge is 0.369 e. The number of hydrogen-bond acceptors (Lipinski definition) is 2. The number of rotatable bonds is 2. The molecule has 2 N–H and O–H groups in total. The fraction of sp³-hybridized carbons (Fsp3) is 0.778. The van der Waals surface area contributed by atoms with Gasteiger partial charge in [0, 0.05) is 11.8 Å². The molecule has 0 spiro atoms. The fourth-order valence-electron chi connectivity index (χ4n) is 1.96. The molecule has 0 saturated heterocycles. The zero-order chi connectivity index (χ0) is 9.14. The number of primary amides is 1. The van der Waals surface area contributed by atoms with E-state index in [0.29, 0.717) is 0 Å². The highest BCUT2D eigenvalue weighted by atomic mass is 16.1. The Bertz CT molecular complexity index is 179. The summed E-state index contributed by atoms with van der Waals surface area (Å²) in [5, 5.41) is 0. The van der Waals surface area contributed by atoms with Crippen molar-refractivity contribution >= 4 is 11.7 Å². The van der Waals surface area contributed by atoms with E-state index in [1.54, 1.807) is 6.92 Å². The van der Waals surface area contributed by atoms with Crippen LogP contribution in [0.1, 0.15) is 32.6 Å². The maximum Gasteiger partial charge on any atom is 0.221 e. The Morgan fingerprint density at radius 2 is 1.67 bits per heavy atom. The van der Waals surface area contributed by atoms with Gasteiger partial charge in [-0.15, -0.1) is 0 Å². The molecule has 2 atom stereocenters. The van der Waals surface area contributed by atoms with Gasteiger partial charge in [-0.25, -0.2) is 0 Å². The van der Waals surface area contributed by atoms with Crippen molar-refractivity contribution in [2.75, 3.05) is 0 Å². The Morgan fingerprint density at radius 3 is 2.00 bits per heavy atom.